The van der Waals surface area contributed by atoms with Crippen molar-refractivity contribution in [3.8, 4) is 5.75 Å². The van der Waals surface area contributed by atoms with Gasteiger partial charge in [0.25, 0.3) is 0 Å². The number of para-hydroxylation sites is 1. The standard InChI is InChI=1S/C17H19N3O2S/c1-12-4-2-3-5-15(12)18-17(23)20-19-16(22)11-8-13-6-9-14(21)10-7-13/h2-7,9-10,21H,8,11H2,1H3,(H,19,22)(H2,18,20,23). The molecule has 2 aromatic carbocycles. The number of carbonyl (C=O) groups excluding carboxylic acids is 1. The van der Waals surface area contributed by atoms with Crippen molar-refractivity contribution in [1.29, 1.82) is 0 Å². The molecule has 0 bridgehead atoms. The third-order valence-corrected chi connectivity index (χ3v) is 3.49. The van der Waals surface area contributed by atoms with Crippen LogP contribution >= 0.6 is 12.2 Å². The highest BCUT2D eigenvalue weighted by molar-refractivity contribution is 7.80. The van der Waals surface area contributed by atoms with Gasteiger partial charge in [-0.2, -0.15) is 0 Å². The molecule has 0 aliphatic heterocycles. The molecule has 0 aliphatic rings. The van der Waals surface area contributed by atoms with Gasteiger partial charge < -0.3 is 10.4 Å². The van der Waals surface area contributed by atoms with E-state index in [9.17, 15) is 9.90 Å². The predicted octanol–water partition coefficient (Wildman–Crippen LogP) is 2.65. The number of hydrogen-bond donors (Lipinski definition) is 4. The SMILES string of the molecule is Cc1ccccc1NC(=S)NNC(=O)CCc1ccc(O)cc1. The second-order valence-electron chi connectivity index (χ2n) is 5.11. The molecule has 0 radical (unpaired) electrons. The Morgan fingerprint density at radius 3 is 2.48 bits per heavy atom. The van der Waals surface area contributed by atoms with Crippen molar-refractivity contribution < 1.29 is 9.90 Å². The number of phenolic OH excluding ortho intramolecular Hbond substituents is 1. The van der Waals surface area contributed by atoms with Gasteiger partial charge in [-0.3, -0.25) is 15.6 Å². The number of nitrogens with one attached hydrogen (secondary N) is 3. The fourth-order valence-corrected chi connectivity index (χ4v) is 2.14. The number of aromatic hydroxyl groups is 1. The first-order valence-electron chi connectivity index (χ1n) is 7.24. The van der Waals surface area contributed by atoms with E-state index in [0.717, 1.165) is 16.8 Å². The van der Waals surface area contributed by atoms with E-state index < -0.39 is 0 Å². The van der Waals surface area contributed by atoms with Crippen molar-refractivity contribution in [3.63, 3.8) is 0 Å². The first-order chi connectivity index (χ1) is 11.0. The second kappa shape index (κ2) is 8.14. The fraction of sp³-hybridized carbons (Fsp3) is 0.176. The van der Waals surface area contributed by atoms with Crippen LogP contribution in [0.25, 0.3) is 0 Å². The molecule has 2 aromatic rings. The van der Waals surface area contributed by atoms with Crippen molar-refractivity contribution in [3.05, 3.63) is 59.7 Å². The molecule has 2 rings (SSSR count). The summed E-state index contributed by atoms with van der Waals surface area (Å²) in [5.41, 5.74) is 8.19. The zero-order valence-electron chi connectivity index (χ0n) is 12.8. The van der Waals surface area contributed by atoms with E-state index >= 15 is 0 Å². The quantitative estimate of drug-likeness (QED) is 0.513. The van der Waals surface area contributed by atoms with E-state index in [1.165, 1.54) is 0 Å². The molecule has 0 spiro atoms. The molecular formula is C17H19N3O2S. The van der Waals surface area contributed by atoms with Gasteiger partial charge in [0.15, 0.2) is 5.11 Å². The number of phenols is 1. The molecule has 1 amide bonds. The summed E-state index contributed by atoms with van der Waals surface area (Å²) >= 11 is 5.14. The normalized spacial score (nSPS) is 9.96. The van der Waals surface area contributed by atoms with Gasteiger partial charge in [0, 0.05) is 12.1 Å². The summed E-state index contributed by atoms with van der Waals surface area (Å²) in [5.74, 6) is 0.0551. The van der Waals surface area contributed by atoms with Gasteiger partial charge in [0.1, 0.15) is 5.75 Å². The van der Waals surface area contributed by atoms with Crippen LogP contribution in [0.15, 0.2) is 48.5 Å². The molecule has 0 atom stereocenters. The molecule has 23 heavy (non-hydrogen) atoms. The Kier molecular flexibility index (Phi) is 5.94. The van der Waals surface area contributed by atoms with Gasteiger partial charge in [-0.25, -0.2) is 0 Å². The number of rotatable bonds is 4. The summed E-state index contributed by atoms with van der Waals surface area (Å²) in [6.07, 6.45) is 0.913. The summed E-state index contributed by atoms with van der Waals surface area (Å²) in [4.78, 5) is 11.8. The Bertz CT molecular complexity index is 686. The molecule has 0 saturated heterocycles. The highest BCUT2D eigenvalue weighted by Crippen LogP contribution is 2.12. The maximum Gasteiger partial charge on any atom is 0.238 e. The number of hydrogen-bond acceptors (Lipinski definition) is 3. The van der Waals surface area contributed by atoms with Crippen LogP contribution in [0.5, 0.6) is 5.75 Å². The Morgan fingerprint density at radius 2 is 1.78 bits per heavy atom. The number of anilines is 1. The smallest absolute Gasteiger partial charge is 0.238 e. The number of hydrazine groups is 1. The number of thiocarbonyl (C=S) groups is 1. The molecule has 0 fully saturated rings. The van der Waals surface area contributed by atoms with E-state index in [2.05, 4.69) is 16.2 Å². The van der Waals surface area contributed by atoms with Gasteiger partial charge in [-0.1, -0.05) is 30.3 Å². The lowest BCUT2D eigenvalue weighted by molar-refractivity contribution is -0.121. The third kappa shape index (κ3) is 5.60. The minimum atomic E-state index is -0.160. The Labute approximate surface area is 140 Å². The molecule has 0 aromatic heterocycles. The molecular weight excluding hydrogens is 310 g/mol. The summed E-state index contributed by atoms with van der Waals surface area (Å²) in [7, 11) is 0. The first kappa shape index (κ1) is 16.8. The van der Waals surface area contributed by atoms with E-state index in [-0.39, 0.29) is 11.7 Å². The van der Waals surface area contributed by atoms with E-state index in [1.807, 2.05) is 31.2 Å². The van der Waals surface area contributed by atoms with Gasteiger partial charge in [0.2, 0.25) is 5.91 Å². The molecule has 0 saturated carbocycles. The van der Waals surface area contributed by atoms with E-state index in [1.54, 1.807) is 24.3 Å². The summed E-state index contributed by atoms with van der Waals surface area (Å²) < 4.78 is 0. The highest BCUT2D eigenvalue weighted by Gasteiger charge is 2.04. The lowest BCUT2D eigenvalue weighted by Crippen LogP contribution is -2.43. The molecule has 5 nitrogen and oxygen atoms in total. The third-order valence-electron chi connectivity index (χ3n) is 3.29. The maximum absolute atomic E-state index is 11.8. The number of amides is 1. The van der Waals surface area contributed by atoms with Crippen molar-refractivity contribution in [2.24, 2.45) is 0 Å². The monoisotopic (exact) mass is 329 g/mol. The second-order valence-corrected chi connectivity index (χ2v) is 5.52. The molecule has 0 aliphatic carbocycles. The van der Waals surface area contributed by atoms with Gasteiger partial charge in [-0.05, 0) is 54.9 Å². The molecule has 0 heterocycles. The van der Waals surface area contributed by atoms with Crippen molar-refractivity contribution in [1.82, 2.24) is 10.9 Å². The molecule has 0 unspecified atom stereocenters. The zero-order chi connectivity index (χ0) is 16.7. The van der Waals surface area contributed by atoms with E-state index in [4.69, 9.17) is 12.2 Å². The topological polar surface area (TPSA) is 73.4 Å². The van der Waals surface area contributed by atoms with Crippen LogP contribution in [-0.4, -0.2) is 16.1 Å². The van der Waals surface area contributed by atoms with Crippen molar-refractivity contribution >= 4 is 28.9 Å². The van der Waals surface area contributed by atoms with Crippen LogP contribution in [-0.2, 0) is 11.2 Å². The predicted molar refractivity (Wildman–Crippen MR) is 95.1 cm³/mol. The van der Waals surface area contributed by atoms with Crippen LogP contribution in [0, 0.1) is 6.92 Å². The number of aryl methyl sites for hydroxylation is 2. The summed E-state index contributed by atoms with van der Waals surface area (Å²) in [6.45, 7) is 1.97. The lowest BCUT2D eigenvalue weighted by Gasteiger charge is -2.13. The van der Waals surface area contributed by atoms with Crippen LogP contribution in [0.2, 0.25) is 0 Å². The maximum atomic E-state index is 11.8. The van der Waals surface area contributed by atoms with Gasteiger partial charge in [-0.15, -0.1) is 0 Å². The van der Waals surface area contributed by atoms with E-state index in [0.29, 0.717) is 18.0 Å². The van der Waals surface area contributed by atoms with Crippen LogP contribution in [0.3, 0.4) is 0 Å². The van der Waals surface area contributed by atoms with Gasteiger partial charge >= 0.3 is 0 Å². The number of carbonyl (C=O) groups is 1. The average Bonchev–Trinajstić information content (AvgIpc) is 2.54. The van der Waals surface area contributed by atoms with Crippen LogP contribution in [0.4, 0.5) is 5.69 Å². The Balaban J connectivity index is 1.72. The number of benzene rings is 2. The molecule has 4 N–H and O–H groups in total. The fourth-order valence-electron chi connectivity index (χ4n) is 1.98. The summed E-state index contributed by atoms with van der Waals surface area (Å²) in [6, 6.07) is 14.5. The Hall–Kier alpha value is -2.60. The lowest BCUT2D eigenvalue weighted by atomic mass is 10.1. The minimum Gasteiger partial charge on any atom is -0.508 e. The zero-order valence-corrected chi connectivity index (χ0v) is 13.6. The minimum absolute atomic E-state index is 0.160. The highest BCUT2D eigenvalue weighted by atomic mass is 32.1. The molecule has 120 valence electrons. The summed E-state index contributed by atoms with van der Waals surface area (Å²) in [5, 5.41) is 12.6. The van der Waals surface area contributed by atoms with Crippen molar-refractivity contribution in [2.75, 3.05) is 5.32 Å². The van der Waals surface area contributed by atoms with Crippen molar-refractivity contribution in [2.45, 2.75) is 19.8 Å². The Morgan fingerprint density at radius 1 is 1.09 bits per heavy atom. The van der Waals surface area contributed by atoms with Crippen LogP contribution < -0.4 is 16.2 Å². The first-order valence-corrected chi connectivity index (χ1v) is 7.65. The largest absolute Gasteiger partial charge is 0.508 e. The van der Waals surface area contributed by atoms with Crippen LogP contribution in [0.1, 0.15) is 17.5 Å². The van der Waals surface area contributed by atoms with Gasteiger partial charge in [0.05, 0.1) is 0 Å². The molecule has 6 heteroatoms. The average molecular weight is 329 g/mol.